The smallest absolute Gasteiger partial charge is 0.340 e. The number of alkyl halides is 2. The summed E-state index contributed by atoms with van der Waals surface area (Å²) in [6, 6.07) is 26.5. The van der Waals surface area contributed by atoms with Crippen LogP contribution in [0.3, 0.4) is 0 Å². The molecule has 0 aliphatic rings. The van der Waals surface area contributed by atoms with Crippen molar-refractivity contribution >= 4 is 35.1 Å². The molecule has 178 valence electrons. The lowest BCUT2D eigenvalue weighted by atomic mass is 10.0. The molecule has 7 heteroatoms. The molecule has 0 aliphatic heterocycles. The minimum atomic E-state index is -1.36. The summed E-state index contributed by atoms with van der Waals surface area (Å²) in [4.78, 5) is 23.4. The SMILES string of the molecule is C[C@H](CCc1ccc(OCc2ccccc2)cc1)NC(=O)[C@@H](OC(=O)C(Cl)Cl)c1ccccc1. The van der Waals surface area contributed by atoms with Gasteiger partial charge in [0.2, 0.25) is 10.9 Å². The zero-order chi connectivity index (χ0) is 24.3. The third-order valence-electron chi connectivity index (χ3n) is 5.18. The number of benzene rings is 3. The van der Waals surface area contributed by atoms with Gasteiger partial charge in [0.05, 0.1) is 0 Å². The predicted molar refractivity (Wildman–Crippen MR) is 134 cm³/mol. The van der Waals surface area contributed by atoms with Crippen molar-refractivity contribution in [1.82, 2.24) is 5.32 Å². The number of nitrogens with one attached hydrogen (secondary N) is 1. The maximum atomic E-state index is 12.9. The van der Waals surface area contributed by atoms with E-state index in [1.54, 1.807) is 24.3 Å². The molecule has 1 amide bonds. The van der Waals surface area contributed by atoms with Crippen LogP contribution in [0.5, 0.6) is 5.75 Å². The van der Waals surface area contributed by atoms with Crippen molar-refractivity contribution in [2.24, 2.45) is 0 Å². The number of amides is 1. The minimum Gasteiger partial charge on any atom is -0.489 e. The Morgan fingerprint density at radius 2 is 1.47 bits per heavy atom. The van der Waals surface area contributed by atoms with Crippen molar-refractivity contribution in [2.45, 2.75) is 43.4 Å². The van der Waals surface area contributed by atoms with Gasteiger partial charge in [-0.25, -0.2) is 4.79 Å². The first-order valence-corrected chi connectivity index (χ1v) is 11.9. The van der Waals surface area contributed by atoms with Crippen molar-refractivity contribution in [3.05, 3.63) is 102 Å². The summed E-state index contributed by atoms with van der Waals surface area (Å²) in [5.74, 6) is -0.487. The number of ether oxygens (including phenoxy) is 2. The molecule has 0 heterocycles. The summed E-state index contributed by atoms with van der Waals surface area (Å²) < 4.78 is 11.1. The van der Waals surface area contributed by atoms with Gasteiger partial charge in [-0.2, -0.15) is 0 Å². The topological polar surface area (TPSA) is 64.6 Å². The molecule has 3 aromatic carbocycles. The molecule has 1 N–H and O–H groups in total. The molecule has 3 aromatic rings. The average Bonchev–Trinajstić information content (AvgIpc) is 2.86. The standard InChI is InChI=1S/C27H27Cl2NO4/c1-19(30-26(31)24(34-27(32)25(28)29)22-10-6-3-7-11-22)12-13-20-14-16-23(17-15-20)33-18-21-8-4-2-5-9-21/h2-11,14-17,19,24-25H,12-13,18H2,1H3,(H,30,31)/t19-,24+/m1/s1. The summed E-state index contributed by atoms with van der Waals surface area (Å²) >= 11 is 11.2. The first kappa shape index (κ1) is 25.6. The van der Waals surface area contributed by atoms with Gasteiger partial charge in [0.1, 0.15) is 12.4 Å². The zero-order valence-electron chi connectivity index (χ0n) is 18.8. The van der Waals surface area contributed by atoms with Gasteiger partial charge in [-0.1, -0.05) is 96.0 Å². The minimum absolute atomic E-state index is 0.144. The van der Waals surface area contributed by atoms with Crippen LogP contribution >= 0.6 is 23.2 Å². The third kappa shape index (κ3) is 8.08. The van der Waals surface area contributed by atoms with Crippen molar-refractivity contribution < 1.29 is 19.1 Å². The summed E-state index contributed by atoms with van der Waals surface area (Å²) in [6.07, 6.45) is 0.345. The maximum absolute atomic E-state index is 12.9. The van der Waals surface area contributed by atoms with Crippen LogP contribution in [0.15, 0.2) is 84.9 Å². The fraction of sp³-hybridized carbons (Fsp3) is 0.259. The van der Waals surface area contributed by atoms with Crippen molar-refractivity contribution in [2.75, 3.05) is 0 Å². The van der Waals surface area contributed by atoms with Crippen LogP contribution in [0.1, 0.15) is 36.1 Å². The molecule has 2 atom stereocenters. The normalized spacial score (nSPS) is 12.6. The number of hydrogen-bond acceptors (Lipinski definition) is 4. The number of rotatable bonds is 11. The lowest BCUT2D eigenvalue weighted by Crippen LogP contribution is -2.38. The fourth-order valence-corrected chi connectivity index (χ4v) is 3.44. The average molecular weight is 500 g/mol. The van der Waals surface area contributed by atoms with Gasteiger partial charge in [0, 0.05) is 11.6 Å². The quantitative estimate of drug-likeness (QED) is 0.267. The van der Waals surface area contributed by atoms with Crippen LogP contribution in [0.2, 0.25) is 0 Å². The molecule has 0 saturated carbocycles. The van der Waals surface area contributed by atoms with Gasteiger partial charge in [-0.3, -0.25) is 4.79 Å². The molecule has 0 aromatic heterocycles. The Labute approximate surface area is 210 Å². The van der Waals surface area contributed by atoms with E-state index in [-0.39, 0.29) is 6.04 Å². The summed E-state index contributed by atoms with van der Waals surface area (Å²) in [7, 11) is 0. The number of halogens is 2. The lowest BCUT2D eigenvalue weighted by Gasteiger charge is -2.21. The summed E-state index contributed by atoms with van der Waals surface area (Å²) in [5, 5.41) is 2.92. The molecule has 5 nitrogen and oxygen atoms in total. The van der Waals surface area contributed by atoms with E-state index in [4.69, 9.17) is 32.7 Å². The molecule has 34 heavy (non-hydrogen) atoms. The Kier molecular flexibility index (Phi) is 9.80. The number of carbonyl (C=O) groups is 2. The first-order chi connectivity index (χ1) is 16.4. The fourth-order valence-electron chi connectivity index (χ4n) is 3.34. The highest BCUT2D eigenvalue weighted by atomic mass is 35.5. The second kappa shape index (κ2) is 13.0. The second-order valence-electron chi connectivity index (χ2n) is 7.89. The predicted octanol–water partition coefficient (Wildman–Crippen LogP) is 5.79. The molecule has 0 unspecified atom stereocenters. The Morgan fingerprint density at radius 1 is 0.853 bits per heavy atom. The molecule has 0 spiro atoms. The molecule has 0 radical (unpaired) electrons. The van der Waals surface area contributed by atoms with Crippen LogP contribution in [0.4, 0.5) is 0 Å². The molecule has 0 fully saturated rings. The Bertz CT molecular complexity index is 1040. The highest BCUT2D eigenvalue weighted by molar-refractivity contribution is 6.52. The number of esters is 1. The molecule has 0 aliphatic carbocycles. The van der Waals surface area contributed by atoms with Gasteiger partial charge in [-0.05, 0) is 43.0 Å². The molecular formula is C27H27Cl2NO4. The molecule has 0 bridgehead atoms. The molecule has 0 saturated heterocycles. The van der Waals surface area contributed by atoms with Crippen LogP contribution < -0.4 is 10.1 Å². The Morgan fingerprint density at radius 3 is 2.09 bits per heavy atom. The van der Waals surface area contributed by atoms with E-state index in [2.05, 4.69) is 5.32 Å². The number of aryl methyl sites for hydroxylation is 1. The first-order valence-electron chi connectivity index (χ1n) is 11.0. The highest BCUT2D eigenvalue weighted by Gasteiger charge is 2.28. The zero-order valence-corrected chi connectivity index (χ0v) is 20.3. The van der Waals surface area contributed by atoms with E-state index < -0.39 is 22.8 Å². The van der Waals surface area contributed by atoms with E-state index in [9.17, 15) is 9.59 Å². The largest absolute Gasteiger partial charge is 0.489 e. The van der Waals surface area contributed by atoms with Crippen LogP contribution in [0.25, 0.3) is 0 Å². The van der Waals surface area contributed by atoms with Gasteiger partial charge in [-0.15, -0.1) is 0 Å². The summed E-state index contributed by atoms with van der Waals surface area (Å²) in [5.41, 5.74) is 2.79. The van der Waals surface area contributed by atoms with E-state index in [0.29, 0.717) is 18.6 Å². The lowest BCUT2D eigenvalue weighted by molar-refractivity contribution is -0.155. The van der Waals surface area contributed by atoms with Crippen LogP contribution in [0, 0.1) is 0 Å². The van der Waals surface area contributed by atoms with Crippen molar-refractivity contribution in [3.63, 3.8) is 0 Å². The summed E-state index contributed by atoms with van der Waals surface area (Å²) in [6.45, 7) is 2.43. The van der Waals surface area contributed by atoms with Crippen LogP contribution in [-0.4, -0.2) is 22.8 Å². The van der Waals surface area contributed by atoms with Gasteiger partial charge >= 0.3 is 5.97 Å². The van der Waals surface area contributed by atoms with E-state index in [1.165, 1.54) is 0 Å². The molecular weight excluding hydrogens is 473 g/mol. The van der Waals surface area contributed by atoms with E-state index in [0.717, 1.165) is 23.3 Å². The highest BCUT2D eigenvalue weighted by Crippen LogP contribution is 2.21. The van der Waals surface area contributed by atoms with Crippen molar-refractivity contribution in [1.29, 1.82) is 0 Å². The Hall–Kier alpha value is -3.02. The monoisotopic (exact) mass is 499 g/mol. The van der Waals surface area contributed by atoms with E-state index in [1.807, 2.05) is 67.6 Å². The van der Waals surface area contributed by atoms with Crippen LogP contribution in [-0.2, 0) is 27.4 Å². The van der Waals surface area contributed by atoms with E-state index >= 15 is 0 Å². The van der Waals surface area contributed by atoms with Gasteiger partial charge in [0.25, 0.3) is 5.91 Å². The number of carbonyl (C=O) groups excluding carboxylic acids is 2. The second-order valence-corrected chi connectivity index (χ2v) is 8.99. The molecule has 3 rings (SSSR count). The third-order valence-corrected chi connectivity index (χ3v) is 5.54. The van der Waals surface area contributed by atoms with Gasteiger partial charge in [0.15, 0.2) is 0 Å². The number of hydrogen-bond donors (Lipinski definition) is 1. The van der Waals surface area contributed by atoms with Gasteiger partial charge < -0.3 is 14.8 Å². The maximum Gasteiger partial charge on any atom is 0.340 e. The van der Waals surface area contributed by atoms with Crippen molar-refractivity contribution in [3.8, 4) is 5.75 Å². The Balaban J connectivity index is 1.51.